The average Bonchev–Trinajstić information content (AvgIpc) is 1.79. The molecule has 0 saturated carbocycles. The molecule has 0 aliphatic carbocycles. The van der Waals surface area contributed by atoms with Crippen molar-refractivity contribution >= 4 is 129 Å². The van der Waals surface area contributed by atoms with Crippen LogP contribution in [-0.4, -0.2) is 242 Å². The van der Waals surface area contributed by atoms with Crippen molar-refractivity contribution in [2.45, 2.75) is 230 Å². The van der Waals surface area contributed by atoms with E-state index >= 15 is 0 Å². The second kappa shape index (κ2) is 53.2. The molecule has 1 heterocycles. The van der Waals surface area contributed by atoms with E-state index in [-0.39, 0.29) is 99.9 Å². The molecule has 32 N–H and O–H groups in total. The molecule has 0 unspecified atom stereocenters. The van der Waals surface area contributed by atoms with Crippen LogP contribution in [0.25, 0.3) is 10.9 Å². The number of nitrogens with one attached hydrogen (secondary N) is 18. The molecule has 0 spiro atoms. The summed E-state index contributed by atoms with van der Waals surface area (Å²) < 4.78 is 0. The van der Waals surface area contributed by atoms with E-state index in [1.165, 1.54) is 43.3 Å². The lowest BCUT2D eigenvalue weighted by atomic mass is 9.99. The summed E-state index contributed by atoms with van der Waals surface area (Å²) in [5.41, 5.74) is 30.4. The Morgan fingerprint density at radius 1 is 0.378 bits per heavy atom. The van der Waals surface area contributed by atoms with Gasteiger partial charge in [-0.2, -0.15) is 0 Å². The van der Waals surface area contributed by atoms with E-state index in [1.807, 2.05) is 38.1 Å². The summed E-state index contributed by atoms with van der Waals surface area (Å²) in [7, 11) is 0. The van der Waals surface area contributed by atoms with Gasteiger partial charge in [0.15, 0.2) is 11.9 Å². The van der Waals surface area contributed by atoms with Crippen molar-refractivity contribution < 1.29 is 107 Å². The number of carbonyl (C=O) groups is 18. The van der Waals surface area contributed by atoms with Crippen LogP contribution in [0.1, 0.15) is 149 Å². The van der Waals surface area contributed by atoms with Crippen LogP contribution in [0.5, 0.6) is 5.75 Å². The number of carboxylic acids is 3. The smallest absolute Gasteiger partial charge is 0.326 e. The van der Waals surface area contributed by atoms with Crippen LogP contribution in [0.3, 0.4) is 0 Å². The molecule has 45 nitrogen and oxygen atoms in total. The molecule has 0 saturated heterocycles. The molecule has 1 aromatic heterocycles. The number of aromatic nitrogens is 1. The number of fused-ring (bicyclic) bond motifs is 1. The Labute approximate surface area is 731 Å². The van der Waals surface area contributed by atoms with E-state index < -0.39 is 248 Å². The van der Waals surface area contributed by atoms with Crippen molar-refractivity contribution in [1.82, 2.24) is 84.7 Å². The van der Waals surface area contributed by atoms with Crippen LogP contribution in [0.15, 0.2) is 85.1 Å². The number of carboxylic acid groups (broad SMARTS) is 3. The molecule has 0 bridgehead atoms. The van der Waals surface area contributed by atoms with Gasteiger partial charge < -0.3 is 134 Å². The number of aromatic amines is 1. The molecule has 4 rings (SSSR count). The monoisotopic (exact) mass is 1780 g/mol. The molecule has 696 valence electrons. The Morgan fingerprint density at radius 3 is 1.23 bits per heavy atom. The molecular formula is C82H121N23O22. The number of para-hydroxylation sites is 1. The number of amides is 15. The minimum atomic E-state index is -2.11. The number of phenolic OH excluding ortho intramolecular Hbond substituents is 1. The topological polar surface area (TPSA) is 762 Å². The van der Waals surface area contributed by atoms with E-state index in [4.69, 9.17) is 39.5 Å². The first-order valence-electron chi connectivity index (χ1n) is 41.2. The molecule has 13 atom stereocenters. The first-order chi connectivity index (χ1) is 59.8. The normalized spacial score (nSPS) is 14.2. The summed E-state index contributed by atoms with van der Waals surface area (Å²) in [6.45, 7) is 10.6. The van der Waals surface area contributed by atoms with Gasteiger partial charge in [0.25, 0.3) is 0 Å². The summed E-state index contributed by atoms with van der Waals surface area (Å²) in [6.07, 6.45) is -4.09. The number of rotatable bonds is 57. The van der Waals surface area contributed by atoms with Gasteiger partial charge in [-0.15, -0.1) is 0 Å². The largest absolute Gasteiger partial charge is 0.508 e. The summed E-state index contributed by atoms with van der Waals surface area (Å²) in [6, 6.07) is -0.301. The molecule has 45 heteroatoms. The van der Waals surface area contributed by atoms with Crippen molar-refractivity contribution in [2.24, 2.45) is 46.4 Å². The van der Waals surface area contributed by atoms with Gasteiger partial charge in [0.1, 0.15) is 78.3 Å². The zero-order valence-electron chi connectivity index (χ0n) is 71.8. The Morgan fingerprint density at radius 2 is 0.772 bits per heavy atom. The second-order valence-electron chi connectivity index (χ2n) is 31.8. The van der Waals surface area contributed by atoms with Crippen LogP contribution in [-0.2, 0) is 106 Å². The highest BCUT2D eigenvalue weighted by molar-refractivity contribution is 6.01. The molecule has 127 heavy (non-hydrogen) atoms. The second-order valence-corrected chi connectivity index (χ2v) is 31.8. The highest BCUT2D eigenvalue weighted by Gasteiger charge is 2.38. The lowest BCUT2D eigenvalue weighted by molar-refractivity contribution is -0.143. The highest BCUT2D eigenvalue weighted by atomic mass is 16.4. The van der Waals surface area contributed by atoms with Crippen LogP contribution >= 0.6 is 0 Å². The first kappa shape index (κ1) is 105. The lowest BCUT2D eigenvalue weighted by Gasteiger charge is -2.29. The standard InChI is InChI=1S/C82H121N23O22/c1-41(2)31-56(100-69(115)50(83)36-47-39-92-51-18-12-11-17-49(47)51)75(121)94-44(7)68(114)96-54(25-27-63(84)107)73(119)101-58(33-43(5)6)77(123)102-57(32-42(3)4)76(122)98-52(19-13-29-90-81(86)87)71(117)97-53(20-14-30-91-82(88)89)72(118)103-59(35-46-21-23-48(106)24-22-46)70(116)93-40-65(109)95-61(38-67(112)113)79(125)99-55(26-28-66(110)111)74(120)104-60(34-45-15-9-8-10-16-45)78(124)105-62(80(126)127)37-64(85)108/h8-12,15-18,21-24,39,41-44,50,52-62,92,106H,13-14,19-20,25-38,40,83H2,1-7H3,(H2,84,107)(H2,85,108)(H,93,116)(H,94,121)(H,95,109)(H,96,114)(H,97,117)(H,98,122)(H,99,125)(H,100,115)(H,101,119)(H,102,123)(H,103,118)(H,104,120)(H,105,124)(H,110,111)(H,112,113)(H,126,127)(H4,86,87,90)(H4,88,89,91)/t44-,50-,52-,53-,54-,55-,56-,57-,58-,59-,60-,61-,62-/m0/s1. The summed E-state index contributed by atoms with van der Waals surface area (Å²) in [5, 5.41) is 92.8. The van der Waals surface area contributed by atoms with Crippen molar-refractivity contribution in [3.8, 4) is 5.75 Å². The Balaban J connectivity index is 1.61. The average molecular weight is 1780 g/mol. The number of primary amides is 2. The van der Waals surface area contributed by atoms with Crippen LogP contribution in [0, 0.1) is 28.6 Å². The summed E-state index contributed by atoms with van der Waals surface area (Å²) >= 11 is 0. The maximum absolute atomic E-state index is 14.9. The molecule has 15 amide bonds. The highest BCUT2D eigenvalue weighted by Crippen LogP contribution is 2.21. The number of benzene rings is 3. The molecule has 3 aromatic carbocycles. The van der Waals surface area contributed by atoms with Gasteiger partial charge in [-0.1, -0.05) is 102 Å². The number of phenols is 1. The van der Waals surface area contributed by atoms with Crippen LogP contribution < -0.4 is 108 Å². The van der Waals surface area contributed by atoms with Gasteiger partial charge in [0.2, 0.25) is 88.6 Å². The van der Waals surface area contributed by atoms with Crippen molar-refractivity contribution in [1.29, 1.82) is 10.8 Å². The number of H-pyrrole nitrogens is 1. The summed E-state index contributed by atoms with van der Waals surface area (Å²) in [5.74, 6) is -22.5. The van der Waals surface area contributed by atoms with E-state index in [0.29, 0.717) is 5.56 Å². The van der Waals surface area contributed by atoms with E-state index in [0.717, 1.165) is 16.5 Å². The minimum Gasteiger partial charge on any atom is -0.508 e. The fraction of sp³-hybridized carbons (Fsp3) is 0.512. The lowest BCUT2D eigenvalue weighted by Crippen LogP contribution is -2.60. The maximum atomic E-state index is 14.9. The molecule has 0 radical (unpaired) electrons. The van der Waals surface area contributed by atoms with Gasteiger partial charge in [-0.25, -0.2) is 4.79 Å². The summed E-state index contributed by atoms with van der Waals surface area (Å²) in [4.78, 5) is 248. The Kier molecular flexibility index (Phi) is 44.1. The Hall–Kier alpha value is -14.0. The molecule has 0 aliphatic heterocycles. The quantitative estimate of drug-likeness (QED) is 0.0112. The maximum Gasteiger partial charge on any atom is 0.326 e. The fourth-order valence-corrected chi connectivity index (χ4v) is 13.0. The van der Waals surface area contributed by atoms with Gasteiger partial charge in [0.05, 0.1) is 25.4 Å². The van der Waals surface area contributed by atoms with Gasteiger partial charge in [-0.05, 0) is 124 Å². The zero-order chi connectivity index (χ0) is 94.9. The SMILES string of the molecule is CC(C)C[C@H](NC(=O)[C@H](CCC(N)=O)NC(=O)[C@H](C)NC(=O)[C@H](CC(C)C)NC(=O)[C@@H](N)Cc1c[nH]c2ccccc12)C(=O)N[C@@H](CC(C)C)C(=O)N[C@@H](CCCNC(=N)N)C(=O)N[C@@H](CCCNC(=N)N)C(=O)N[C@@H](Cc1ccc(O)cc1)C(=O)NCC(=O)N[C@@H](CC(=O)O)C(=O)N[C@@H](CCC(=O)O)C(=O)N[C@@H](Cc1ccccc1)C(=O)N[C@@H](CC(N)=O)C(=O)O. The number of guanidine groups is 2. The minimum absolute atomic E-state index is 0.00694. The van der Waals surface area contributed by atoms with E-state index in [9.17, 15) is 107 Å². The van der Waals surface area contributed by atoms with Crippen molar-refractivity contribution in [2.75, 3.05) is 19.6 Å². The van der Waals surface area contributed by atoms with Crippen molar-refractivity contribution in [3.63, 3.8) is 0 Å². The number of carbonyl (C=O) groups excluding carboxylic acids is 15. The van der Waals surface area contributed by atoms with E-state index in [1.54, 1.807) is 52.1 Å². The zero-order valence-corrected chi connectivity index (χ0v) is 71.8. The third kappa shape index (κ3) is 39.6. The first-order valence-corrected chi connectivity index (χ1v) is 41.2. The predicted octanol–water partition coefficient (Wildman–Crippen LogP) is -4.59. The third-order valence-corrected chi connectivity index (χ3v) is 19.5. The van der Waals surface area contributed by atoms with Crippen LogP contribution in [0.4, 0.5) is 0 Å². The van der Waals surface area contributed by atoms with Gasteiger partial charge in [0, 0.05) is 55.9 Å². The predicted molar refractivity (Wildman–Crippen MR) is 459 cm³/mol. The molecular weight excluding hydrogens is 1660 g/mol. The number of hydrogen-bond acceptors (Lipinski definition) is 22. The van der Waals surface area contributed by atoms with Gasteiger partial charge >= 0.3 is 17.9 Å². The number of nitrogens with two attached hydrogens (primary N) is 5. The molecule has 4 aromatic rings. The van der Waals surface area contributed by atoms with E-state index in [2.05, 4.69) is 84.7 Å². The Bertz CT molecular complexity index is 4510. The number of aromatic hydroxyl groups is 1. The number of hydrogen-bond donors (Lipinski definition) is 27. The van der Waals surface area contributed by atoms with Crippen molar-refractivity contribution in [3.05, 3.63) is 102 Å². The van der Waals surface area contributed by atoms with Crippen LogP contribution in [0.2, 0.25) is 0 Å². The third-order valence-electron chi connectivity index (χ3n) is 19.5. The molecule has 0 aliphatic rings. The molecule has 0 fully saturated rings. The number of aliphatic carboxylic acids is 3. The fourth-order valence-electron chi connectivity index (χ4n) is 13.0. The van der Waals surface area contributed by atoms with Gasteiger partial charge in [-0.3, -0.25) is 92.3 Å².